The third-order valence-corrected chi connectivity index (χ3v) is 4.86. The molecule has 0 saturated carbocycles. The highest BCUT2D eigenvalue weighted by Crippen LogP contribution is 2.08. The molecule has 0 aromatic carbocycles. The van der Waals surface area contributed by atoms with Gasteiger partial charge in [-0.1, -0.05) is 20.3 Å². The third kappa shape index (κ3) is 12.9. The van der Waals surface area contributed by atoms with Gasteiger partial charge in [-0.25, -0.2) is 0 Å². The molecule has 12 N–H and O–H groups in total. The van der Waals surface area contributed by atoms with E-state index >= 15 is 0 Å². The lowest BCUT2D eigenvalue weighted by atomic mass is 9.98. The molecule has 0 aliphatic carbocycles. The zero-order valence-electron chi connectivity index (χ0n) is 19.0. The van der Waals surface area contributed by atoms with Gasteiger partial charge < -0.3 is 44.0 Å². The van der Waals surface area contributed by atoms with Crippen LogP contribution in [0, 0.1) is 5.92 Å². The molecule has 0 aromatic rings. The van der Waals surface area contributed by atoms with Gasteiger partial charge >= 0.3 is 5.97 Å². The molecule has 33 heavy (non-hydrogen) atoms. The van der Waals surface area contributed by atoms with Crippen LogP contribution in [0.15, 0.2) is 4.99 Å². The minimum absolute atomic E-state index is 0.0802. The molecular weight excluding hydrogens is 436 g/mol. The number of hydrogen-bond donors (Lipinski definition) is 8. The fourth-order valence-electron chi connectivity index (χ4n) is 2.67. The molecule has 0 aliphatic heterocycles. The van der Waals surface area contributed by atoms with Gasteiger partial charge in [0.05, 0.1) is 6.04 Å². The Morgan fingerprint density at radius 2 is 1.52 bits per heavy atom. The van der Waals surface area contributed by atoms with Crippen molar-refractivity contribution in [3.8, 4) is 0 Å². The number of carboxylic acids is 1. The molecule has 0 fully saturated rings. The average Bonchev–Trinajstić information content (AvgIpc) is 2.74. The van der Waals surface area contributed by atoms with Crippen LogP contribution < -0.4 is 38.9 Å². The largest absolute Gasteiger partial charge is 0.480 e. The van der Waals surface area contributed by atoms with Crippen molar-refractivity contribution in [3.05, 3.63) is 0 Å². The van der Waals surface area contributed by atoms with Crippen LogP contribution in [0.5, 0.6) is 0 Å². The molecule has 0 bridgehead atoms. The molecule has 0 saturated heterocycles. The molecule has 4 atom stereocenters. The van der Waals surface area contributed by atoms with Gasteiger partial charge in [0.2, 0.25) is 23.6 Å². The Labute approximate surface area is 192 Å². The number of rotatable bonds is 16. The van der Waals surface area contributed by atoms with E-state index in [0.29, 0.717) is 12.8 Å². The highest BCUT2D eigenvalue weighted by Gasteiger charge is 2.29. The van der Waals surface area contributed by atoms with Crippen molar-refractivity contribution in [2.75, 3.05) is 13.1 Å². The maximum atomic E-state index is 12.9. The number of carbonyl (C=O) groups excluding carboxylic acids is 4. The first-order chi connectivity index (χ1) is 15.4. The van der Waals surface area contributed by atoms with E-state index < -0.39 is 54.3 Å². The van der Waals surface area contributed by atoms with E-state index in [4.69, 9.17) is 28.0 Å². The molecular formula is C19H36N8O6. The third-order valence-electron chi connectivity index (χ3n) is 4.86. The van der Waals surface area contributed by atoms with Crippen molar-refractivity contribution < 1.29 is 29.1 Å². The zero-order chi connectivity index (χ0) is 25.6. The second kappa shape index (κ2) is 15.4. The number of aliphatic carboxylic acids is 1. The standard InChI is InChI=1S/C19H36N8O6/c1-3-10(2)15(21)18(33)27-12(6-7-13(20)28)17(32)26-11(5-4-8-24-19(22)23)16(31)25-9-14(29)30/h10-12,15H,3-9,21H2,1-2H3,(H2,20,28)(H,25,31)(H,26,32)(H,27,33)(H,29,30)(H4,22,23,24). The summed E-state index contributed by atoms with van der Waals surface area (Å²) in [6.45, 7) is 3.16. The van der Waals surface area contributed by atoms with Crippen molar-refractivity contribution in [3.63, 3.8) is 0 Å². The Bertz CT molecular complexity index is 725. The monoisotopic (exact) mass is 472 g/mol. The van der Waals surface area contributed by atoms with Crippen LogP contribution in [0.2, 0.25) is 0 Å². The molecule has 0 heterocycles. The smallest absolute Gasteiger partial charge is 0.322 e. The lowest BCUT2D eigenvalue weighted by molar-refractivity contribution is -0.138. The fourth-order valence-corrected chi connectivity index (χ4v) is 2.67. The van der Waals surface area contributed by atoms with E-state index in [1.165, 1.54) is 0 Å². The van der Waals surface area contributed by atoms with Crippen molar-refractivity contribution in [2.45, 2.75) is 64.1 Å². The predicted octanol–water partition coefficient (Wildman–Crippen LogP) is -3.15. The lowest BCUT2D eigenvalue weighted by Gasteiger charge is -2.25. The van der Waals surface area contributed by atoms with Gasteiger partial charge in [0.1, 0.15) is 18.6 Å². The number of primary amides is 1. The summed E-state index contributed by atoms with van der Waals surface area (Å²) in [7, 11) is 0. The summed E-state index contributed by atoms with van der Waals surface area (Å²) in [5.41, 5.74) is 21.6. The number of carbonyl (C=O) groups is 5. The van der Waals surface area contributed by atoms with Gasteiger partial charge in [-0.15, -0.1) is 0 Å². The fraction of sp³-hybridized carbons (Fsp3) is 0.684. The van der Waals surface area contributed by atoms with Crippen LogP contribution in [0.25, 0.3) is 0 Å². The molecule has 0 radical (unpaired) electrons. The summed E-state index contributed by atoms with van der Waals surface area (Å²) in [6.07, 6.45) is 0.695. The van der Waals surface area contributed by atoms with Crippen molar-refractivity contribution in [1.82, 2.24) is 16.0 Å². The maximum absolute atomic E-state index is 12.9. The van der Waals surface area contributed by atoms with Crippen LogP contribution in [-0.4, -0.2) is 71.9 Å². The second-order valence-electron chi connectivity index (χ2n) is 7.60. The molecule has 188 valence electrons. The Kier molecular flexibility index (Phi) is 13.8. The summed E-state index contributed by atoms with van der Waals surface area (Å²) in [5, 5.41) is 15.9. The van der Waals surface area contributed by atoms with Crippen LogP contribution in [0.4, 0.5) is 0 Å². The molecule has 0 spiro atoms. The van der Waals surface area contributed by atoms with Crippen LogP contribution in [0.1, 0.15) is 46.0 Å². The van der Waals surface area contributed by atoms with Crippen LogP contribution in [-0.2, 0) is 24.0 Å². The zero-order valence-corrected chi connectivity index (χ0v) is 19.0. The SMILES string of the molecule is CCC(C)C(N)C(=O)NC(CCC(N)=O)C(=O)NC(CCCN=C(N)N)C(=O)NCC(=O)O. The highest BCUT2D eigenvalue weighted by atomic mass is 16.4. The maximum Gasteiger partial charge on any atom is 0.322 e. The second-order valence-corrected chi connectivity index (χ2v) is 7.60. The van der Waals surface area contributed by atoms with Gasteiger partial charge in [0, 0.05) is 13.0 Å². The van der Waals surface area contributed by atoms with E-state index in [1.807, 2.05) is 6.92 Å². The van der Waals surface area contributed by atoms with Crippen molar-refractivity contribution in [1.29, 1.82) is 0 Å². The molecule has 0 rings (SSSR count). The van der Waals surface area contributed by atoms with E-state index in [9.17, 15) is 24.0 Å². The van der Waals surface area contributed by atoms with E-state index in [2.05, 4.69) is 20.9 Å². The van der Waals surface area contributed by atoms with Crippen LogP contribution in [0.3, 0.4) is 0 Å². The first-order valence-corrected chi connectivity index (χ1v) is 10.6. The summed E-state index contributed by atoms with van der Waals surface area (Å²) >= 11 is 0. The number of amides is 4. The summed E-state index contributed by atoms with van der Waals surface area (Å²) in [4.78, 5) is 63.5. The van der Waals surface area contributed by atoms with Gasteiger partial charge in [-0.05, 0) is 25.2 Å². The summed E-state index contributed by atoms with van der Waals surface area (Å²) < 4.78 is 0. The normalized spacial score (nSPS) is 14.2. The summed E-state index contributed by atoms with van der Waals surface area (Å²) in [6, 6.07) is -3.21. The highest BCUT2D eigenvalue weighted by molar-refractivity contribution is 5.94. The molecule has 14 heteroatoms. The Morgan fingerprint density at radius 3 is 2.03 bits per heavy atom. The number of guanidine groups is 1. The number of aliphatic imine (C=N–C) groups is 1. The number of hydrogen-bond acceptors (Lipinski definition) is 7. The Morgan fingerprint density at radius 1 is 0.939 bits per heavy atom. The van der Waals surface area contributed by atoms with Crippen molar-refractivity contribution >= 4 is 35.6 Å². The van der Waals surface area contributed by atoms with E-state index in [1.54, 1.807) is 6.92 Å². The lowest BCUT2D eigenvalue weighted by Crippen LogP contribution is -2.56. The first-order valence-electron chi connectivity index (χ1n) is 10.6. The Balaban J connectivity index is 5.42. The minimum Gasteiger partial charge on any atom is -0.480 e. The van der Waals surface area contributed by atoms with E-state index in [-0.39, 0.29) is 37.7 Å². The van der Waals surface area contributed by atoms with Gasteiger partial charge in [-0.3, -0.25) is 29.0 Å². The van der Waals surface area contributed by atoms with E-state index in [0.717, 1.165) is 0 Å². The quantitative estimate of drug-likeness (QED) is 0.0639. The Hall–Kier alpha value is -3.42. The molecule has 0 aromatic heterocycles. The van der Waals surface area contributed by atoms with Crippen LogP contribution >= 0.6 is 0 Å². The number of nitrogens with zero attached hydrogens (tertiary/aromatic N) is 1. The summed E-state index contributed by atoms with van der Waals surface area (Å²) in [5.74, 6) is -4.33. The van der Waals surface area contributed by atoms with Gasteiger partial charge in [0.15, 0.2) is 5.96 Å². The first kappa shape index (κ1) is 29.6. The number of nitrogens with one attached hydrogen (secondary N) is 3. The average molecular weight is 473 g/mol. The number of carboxylic acid groups (broad SMARTS) is 1. The molecule has 4 amide bonds. The van der Waals surface area contributed by atoms with Gasteiger partial charge in [-0.2, -0.15) is 0 Å². The van der Waals surface area contributed by atoms with Crippen molar-refractivity contribution in [2.24, 2.45) is 33.8 Å². The minimum atomic E-state index is -1.26. The molecule has 4 unspecified atom stereocenters. The molecule has 0 aliphatic rings. The predicted molar refractivity (Wildman–Crippen MR) is 120 cm³/mol. The van der Waals surface area contributed by atoms with Gasteiger partial charge in [0.25, 0.3) is 0 Å². The molecule has 14 nitrogen and oxygen atoms in total. The topological polar surface area (TPSA) is 258 Å². The number of nitrogens with two attached hydrogens (primary N) is 4.